The Kier molecular flexibility index (Phi) is 4.09. The summed E-state index contributed by atoms with van der Waals surface area (Å²) in [4.78, 5) is 0. The fourth-order valence-electron chi connectivity index (χ4n) is 2.06. The van der Waals surface area contributed by atoms with Gasteiger partial charge in [0.25, 0.3) is 0 Å². The maximum absolute atomic E-state index is 10.1. The zero-order valence-corrected chi connectivity index (χ0v) is 10.9. The Bertz CT molecular complexity index is 408. The number of hydrogen-bond donors (Lipinski definition) is 2. The molecule has 4 heteroatoms. The van der Waals surface area contributed by atoms with Gasteiger partial charge in [-0.3, -0.25) is 0 Å². The van der Waals surface area contributed by atoms with Crippen molar-refractivity contribution in [2.75, 3.05) is 13.2 Å². The van der Waals surface area contributed by atoms with E-state index in [1.54, 1.807) is 0 Å². The molecule has 0 radical (unpaired) electrons. The maximum Gasteiger partial charge on any atom is 0.161 e. The molecule has 0 saturated heterocycles. The predicted octanol–water partition coefficient (Wildman–Crippen LogP) is 1.86. The molecular weight excluding hydrogens is 230 g/mol. The van der Waals surface area contributed by atoms with Crippen LogP contribution < -0.4 is 15.2 Å². The molecular formula is C14H21NO3. The van der Waals surface area contributed by atoms with Crippen molar-refractivity contribution in [3.63, 3.8) is 0 Å². The van der Waals surface area contributed by atoms with Crippen LogP contribution in [0.1, 0.15) is 31.9 Å². The van der Waals surface area contributed by atoms with Crippen molar-refractivity contribution in [3.05, 3.63) is 23.8 Å². The van der Waals surface area contributed by atoms with Gasteiger partial charge in [0.05, 0.1) is 12.1 Å². The van der Waals surface area contributed by atoms with Crippen LogP contribution in [0, 0.1) is 5.92 Å². The molecule has 2 rings (SSSR count). The minimum absolute atomic E-state index is 0.174. The zero-order valence-electron chi connectivity index (χ0n) is 10.9. The van der Waals surface area contributed by atoms with E-state index in [0.29, 0.717) is 19.0 Å². The Morgan fingerprint density at radius 3 is 2.61 bits per heavy atom. The number of nitrogens with two attached hydrogens (primary N) is 1. The Hall–Kier alpha value is -1.26. The molecule has 3 atom stereocenters. The number of hydrogen-bond acceptors (Lipinski definition) is 4. The minimum atomic E-state index is -0.544. The molecule has 0 aromatic heterocycles. The second-order valence-corrected chi connectivity index (χ2v) is 4.81. The summed E-state index contributed by atoms with van der Waals surface area (Å²) >= 11 is 0. The minimum Gasteiger partial charge on any atom is -0.486 e. The second-order valence-electron chi connectivity index (χ2n) is 4.81. The molecule has 100 valence electrons. The third kappa shape index (κ3) is 2.60. The van der Waals surface area contributed by atoms with Gasteiger partial charge in [0, 0.05) is 0 Å². The average Bonchev–Trinajstić information content (AvgIpc) is 2.44. The van der Waals surface area contributed by atoms with E-state index in [4.69, 9.17) is 15.2 Å². The van der Waals surface area contributed by atoms with E-state index >= 15 is 0 Å². The van der Waals surface area contributed by atoms with Gasteiger partial charge in [-0.2, -0.15) is 0 Å². The van der Waals surface area contributed by atoms with Crippen molar-refractivity contribution < 1.29 is 14.6 Å². The lowest BCUT2D eigenvalue weighted by atomic mass is 9.91. The Morgan fingerprint density at radius 2 is 1.94 bits per heavy atom. The van der Waals surface area contributed by atoms with Crippen LogP contribution in [0.4, 0.5) is 0 Å². The summed E-state index contributed by atoms with van der Waals surface area (Å²) in [7, 11) is 0. The molecule has 1 aliphatic rings. The summed E-state index contributed by atoms with van der Waals surface area (Å²) in [5.74, 6) is 1.63. The van der Waals surface area contributed by atoms with Crippen LogP contribution in [-0.2, 0) is 0 Å². The van der Waals surface area contributed by atoms with Crippen molar-refractivity contribution in [2.24, 2.45) is 11.7 Å². The Labute approximate surface area is 108 Å². The molecule has 0 saturated carbocycles. The third-order valence-corrected chi connectivity index (χ3v) is 3.55. The van der Waals surface area contributed by atoms with Crippen LogP contribution in [0.15, 0.2) is 18.2 Å². The van der Waals surface area contributed by atoms with E-state index in [-0.39, 0.29) is 5.92 Å². The van der Waals surface area contributed by atoms with Crippen LogP contribution >= 0.6 is 0 Å². The van der Waals surface area contributed by atoms with Gasteiger partial charge in [-0.15, -0.1) is 0 Å². The van der Waals surface area contributed by atoms with Gasteiger partial charge >= 0.3 is 0 Å². The van der Waals surface area contributed by atoms with Crippen molar-refractivity contribution >= 4 is 0 Å². The zero-order chi connectivity index (χ0) is 13.1. The number of ether oxygens (including phenoxy) is 2. The molecule has 1 aliphatic heterocycles. The first-order valence-corrected chi connectivity index (χ1v) is 6.46. The highest BCUT2D eigenvalue weighted by Gasteiger charge is 2.23. The fraction of sp³-hybridized carbons (Fsp3) is 0.571. The Balaban J connectivity index is 2.18. The second kappa shape index (κ2) is 5.59. The van der Waals surface area contributed by atoms with Gasteiger partial charge in [0.1, 0.15) is 13.2 Å². The van der Waals surface area contributed by atoms with E-state index in [0.717, 1.165) is 17.7 Å². The highest BCUT2D eigenvalue weighted by atomic mass is 16.6. The van der Waals surface area contributed by atoms with Crippen molar-refractivity contribution in [2.45, 2.75) is 32.4 Å². The third-order valence-electron chi connectivity index (χ3n) is 3.55. The number of rotatable bonds is 4. The van der Waals surface area contributed by atoms with E-state index in [1.165, 1.54) is 0 Å². The molecule has 4 nitrogen and oxygen atoms in total. The highest BCUT2D eigenvalue weighted by Crippen LogP contribution is 2.33. The first-order chi connectivity index (χ1) is 8.63. The molecule has 0 bridgehead atoms. The molecule has 1 aromatic rings. The van der Waals surface area contributed by atoms with Gasteiger partial charge in [-0.05, 0) is 23.6 Å². The van der Waals surface area contributed by atoms with Crippen molar-refractivity contribution in [1.29, 1.82) is 0 Å². The van der Waals surface area contributed by atoms with Crippen LogP contribution in [0.2, 0.25) is 0 Å². The fourth-order valence-corrected chi connectivity index (χ4v) is 2.06. The smallest absolute Gasteiger partial charge is 0.161 e. The lowest BCUT2D eigenvalue weighted by molar-refractivity contribution is 0.0877. The summed E-state index contributed by atoms with van der Waals surface area (Å²) in [6.07, 6.45) is 0.358. The van der Waals surface area contributed by atoms with Gasteiger partial charge in [-0.25, -0.2) is 0 Å². The maximum atomic E-state index is 10.1. The van der Waals surface area contributed by atoms with Gasteiger partial charge in [0.15, 0.2) is 11.5 Å². The number of fused-ring (bicyclic) bond motifs is 1. The molecule has 1 aromatic carbocycles. The van der Waals surface area contributed by atoms with E-state index in [9.17, 15) is 5.11 Å². The molecule has 18 heavy (non-hydrogen) atoms. The van der Waals surface area contributed by atoms with Crippen LogP contribution in [0.3, 0.4) is 0 Å². The van der Waals surface area contributed by atoms with E-state index in [1.807, 2.05) is 32.0 Å². The van der Waals surface area contributed by atoms with E-state index in [2.05, 4.69) is 0 Å². The van der Waals surface area contributed by atoms with Gasteiger partial charge < -0.3 is 20.3 Å². The molecule has 0 aliphatic carbocycles. The monoisotopic (exact) mass is 251 g/mol. The highest BCUT2D eigenvalue weighted by molar-refractivity contribution is 5.44. The summed E-state index contributed by atoms with van der Waals surface area (Å²) in [5.41, 5.74) is 6.98. The SMILES string of the molecule is CCC(C)[C@H](O)[C@H](N)c1ccc2c(c1)OCCO2. The number of aliphatic hydroxyl groups is 1. The summed E-state index contributed by atoms with van der Waals surface area (Å²) < 4.78 is 11.0. The molecule has 0 spiro atoms. The molecule has 0 amide bonds. The number of aliphatic hydroxyl groups excluding tert-OH is 1. The quantitative estimate of drug-likeness (QED) is 0.857. The lowest BCUT2D eigenvalue weighted by Crippen LogP contribution is -2.31. The summed E-state index contributed by atoms with van der Waals surface area (Å²) in [6, 6.07) is 5.22. The van der Waals surface area contributed by atoms with Crippen LogP contribution in [0.25, 0.3) is 0 Å². The Morgan fingerprint density at radius 1 is 1.28 bits per heavy atom. The summed E-state index contributed by atoms with van der Waals surface area (Å²) in [6.45, 7) is 5.18. The molecule has 0 fully saturated rings. The first kappa shape index (κ1) is 13.2. The topological polar surface area (TPSA) is 64.7 Å². The van der Waals surface area contributed by atoms with Gasteiger partial charge in [-0.1, -0.05) is 26.3 Å². The van der Waals surface area contributed by atoms with Crippen molar-refractivity contribution in [1.82, 2.24) is 0 Å². The molecule has 3 N–H and O–H groups in total. The lowest BCUT2D eigenvalue weighted by Gasteiger charge is -2.26. The normalized spacial score (nSPS) is 19.1. The molecule has 1 unspecified atom stereocenters. The summed E-state index contributed by atoms with van der Waals surface area (Å²) in [5, 5.41) is 10.1. The van der Waals surface area contributed by atoms with Crippen LogP contribution in [0.5, 0.6) is 11.5 Å². The van der Waals surface area contributed by atoms with E-state index < -0.39 is 12.1 Å². The predicted molar refractivity (Wildman–Crippen MR) is 69.8 cm³/mol. The first-order valence-electron chi connectivity index (χ1n) is 6.46. The average molecular weight is 251 g/mol. The largest absolute Gasteiger partial charge is 0.486 e. The standard InChI is InChI=1S/C14H21NO3/c1-3-9(2)14(16)13(15)10-4-5-11-12(8-10)18-7-6-17-11/h4-5,8-9,13-14,16H,3,6-7,15H2,1-2H3/t9?,13-,14+/m1/s1. The van der Waals surface area contributed by atoms with Crippen LogP contribution in [-0.4, -0.2) is 24.4 Å². The van der Waals surface area contributed by atoms with Gasteiger partial charge in [0.2, 0.25) is 0 Å². The molecule has 1 heterocycles. The number of benzene rings is 1. The van der Waals surface area contributed by atoms with Crippen molar-refractivity contribution in [3.8, 4) is 11.5 Å².